The molecule has 0 amide bonds. The fraction of sp³-hybridized carbons (Fsp3) is 0.552. The Morgan fingerprint density at radius 1 is 0.774 bits per heavy atom. The van der Waals surface area contributed by atoms with Crippen molar-refractivity contribution < 1.29 is 0 Å². The minimum Gasteiger partial charge on any atom is -0.195 e. The van der Waals surface area contributed by atoms with E-state index in [1.165, 1.54) is 81.8 Å². The smallest absolute Gasteiger partial charge is 0.0739 e. The Balaban J connectivity index is 1.31. The second-order valence-electron chi connectivity index (χ2n) is 10.2. The Labute approximate surface area is 194 Å². The van der Waals surface area contributed by atoms with Gasteiger partial charge in [-0.15, -0.1) is 0 Å². The molecule has 0 radical (unpaired) electrons. The number of isothiocyanates is 1. The van der Waals surface area contributed by atoms with Crippen molar-refractivity contribution in [2.75, 3.05) is 0 Å². The molecule has 3 saturated carbocycles. The number of hydrogen-bond acceptors (Lipinski definition) is 2. The molecule has 0 N–H and O–H groups in total. The summed E-state index contributed by atoms with van der Waals surface area (Å²) < 4.78 is 0. The quantitative estimate of drug-likeness (QED) is 0.208. The van der Waals surface area contributed by atoms with Crippen LogP contribution in [-0.4, -0.2) is 5.16 Å². The van der Waals surface area contributed by atoms with E-state index in [4.69, 9.17) is 0 Å². The zero-order chi connectivity index (χ0) is 21.6. The molecule has 2 aromatic carbocycles. The lowest BCUT2D eigenvalue weighted by molar-refractivity contribution is 0.0304. The van der Waals surface area contributed by atoms with E-state index < -0.39 is 0 Å². The minimum absolute atomic E-state index is 0.474. The maximum Gasteiger partial charge on any atom is 0.0739 e. The third-order valence-corrected chi connectivity index (χ3v) is 8.43. The van der Waals surface area contributed by atoms with Crippen molar-refractivity contribution in [3.63, 3.8) is 0 Å². The van der Waals surface area contributed by atoms with Crippen LogP contribution in [0.4, 0.5) is 5.69 Å². The molecule has 0 aliphatic heterocycles. The first kappa shape index (κ1) is 22.4. The van der Waals surface area contributed by atoms with E-state index in [1.807, 2.05) is 12.1 Å². The second kappa shape index (κ2) is 10.2. The SMILES string of the molecule is CCCCCCC12CCC(c3ccc(CCc4ccc(N=C=S)cc4)cc3)(CC1)CC2. The first-order valence-corrected chi connectivity index (χ1v) is 12.8. The topological polar surface area (TPSA) is 12.4 Å². The van der Waals surface area contributed by atoms with Crippen molar-refractivity contribution in [3.8, 4) is 0 Å². The third-order valence-electron chi connectivity index (χ3n) is 8.34. The summed E-state index contributed by atoms with van der Waals surface area (Å²) in [6.45, 7) is 2.31. The highest BCUT2D eigenvalue weighted by atomic mass is 32.1. The van der Waals surface area contributed by atoms with Gasteiger partial charge in [0.15, 0.2) is 0 Å². The lowest BCUT2D eigenvalue weighted by atomic mass is 9.51. The normalized spacial score (nSPS) is 24.7. The Morgan fingerprint density at radius 2 is 1.35 bits per heavy atom. The fourth-order valence-electron chi connectivity index (χ4n) is 6.10. The number of thiocarbonyl (C=S) groups is 1. The molecule has 3 fully saturated rings. The van der Waals surface area contributed by atoms with Crippen molar-refractivity contribution in [1.29, 1.82) is 0 Å². The molecule has 1 nitrogen and oxygen atoms in total. The summed E-state index contributed by atoms with van der Waals surface area (Å²) in [7, 11) is 0. The zero-order valence-corrected chi connectivity index (χ0v) is 20.0. The molecule has 0 atom stereocenters. The van der Waals surface area contributed by atoms with Gasteiger partial charge < -0.3 is 0 Å². The summed E-state index contributed by atoms with van der Waals surface area (Å²) in [6.07, 6.45) is 17.9. The van der Waals surface area contributed by atoms with Crippen LogP contribution >= 0.6 is 12.2 Å². The van der Waals surface area contributed by atoms with Gasteiger partial charge in [-0.1, -0.05) is 69.0 Å². The summed E-state index contributed by atoms with van der Waals surface area (Å²) in [6, 6.07) is 18.0. The van der Waals surface area contributed by atoms with Gasteiger partial charge in [-0.25, -0.2) is 0 Å². The average molecular weight is 432 g/mol. The van der Waals surface area contributed by atoms with Crippen molar-refractivity contribution in [3.05, 3.63) is 65.2 Å². The van der Waals surface area contributed by atoms with E-state index in [0.717, 1.165) is 18.5 Å². The molecular weight excluding hydrogens is 394 g/mol. The van der Waals surface area contributed by atoms with Gasteiger partial charge in [-0.05, 0) is 110 Å². The highest BCUT2D eigenvalue weighted by Crippen LogP contribution is 2.59. The van der Waals surface area contributed by atoms with Crippen LogP contribution in [0.3, 0.4) is 0 Å². The number of hydrogen-bond donors (Lipinski definition) is 0. The number of nitrogens with zero attached hydrogens (tertiary/aromatic N) is 1. The Hall–Kier alpha value is -1.76. The van der Waals surface area contributed by atoms with E-state index in [1.54, 1.807) is 5.56 Å². The molecule has 2 heteroatoms. The van der Waals surface area contributed by atoms with Gasteiger partial charge in [0.1, 0.15) is 0 Å². The van der Waals surface area contributed by atoms with E-state index in [-0.39, 0.29) is 0 Å². The lowest BCUT2D eigenvalue weighted by Crippen LogP contribution is -2.44. The van der Waals surface area contributed by atoms with Gasteiger partial charge in [-0.2, -0.15) is 4.99 Å². The Kier molecular flexibility index (Phi) is 7.41. The molecule has 0 spiro atoms. The highest BCUT2D eigenvalue weighted by molar-refractivity contribution is 7.78. The van der Waals surface area contributed by atoms with Crippen LogP contribution in [0.25, 0.3) is 0 Å². The van der Waals surface area contributed by atoms with Gasteiger partial charge in [0.2, 0.25) is 0 Å². The number of aliphatic imine (C=N–C) groups is 1. The van der Waals surface area contributed by atoms with Gasteiger partial charge in [0, 0.05) is 0 Å². The highest BCUT2D eigenvalue weighted by Gasteiger charge is 2.48. The standard InChI is InChI=1S/C29H37NS/c1-2-3-4-5-16-28-17-20-29(21-18-28,22-19-28)26-12-8-24(9-13-26)6-7-25-10-14-27(15-11-25)30-23-31/h8-15H,2-7,16-22H2,1H3. The molecule has 0 saturated heterocycles. The maximum absolute atomic E-state index is 4.67. The zero-order valence-electron chi connectivity index (χ0n) is 19.2. The molecule has 164 valence electrons. The molecule has 3 aliphatic carbocycles. The van der Waals surface area contributed by atoms with Gasteiger partial charge in [0.05, 0.1) is 10.8 Å². The molecule has 2 bridgehead atoms. The summed E-state index contributed by atoms with van der Waals surface area (Å²) >= 11 is 4.67. The van der Waals surface area contributed by atoms with E-state index >= 15 is 0 Å². The predicted octanol–water partition coefficient (Wildman–Crippen LogP) is 8.77. The third kappa shape index (κ3) is 5.36. The molecule has 5 rings (SSSR count). The average Bonchev–Trinajstić information content (AvgIpc) is 2.83. The van der Waals surface area contributed by atoms with Crippen molar-refractivity contribution in [2.24, 2.45) is 10.4 Å². The Bertz CT molecular complexity index is 865. The number of rotatable bonds is 10. The molecule has 0 aromatic heterocycles. The number of aryl methyl sites for hydroxylation is 2. The van der Waals surface area contributed by atoms with Crippen LogP contribution in [0.2, 0.25) is 0 Å². The summed E-state index contributed by atoms with van der Waals surface area (Å²) in [5.41, 5.74) is 6.45. The monoisotopic (exact) mass is 431 g/mol. The van der Waals surface area contributed by atoms with Crippen LogP contribution in [0, 0.1) is 5.41 Å². The van der Waals surface area contributed by atoms with Crippen LogP contribution in [-0.2, 0) is 18.3 Å². The molecule has 31 heavy (non-hydrogen) atoms. The number of fused-ring (bicyclic) bond motifs is 3. The summed E-state index contributed by atoms with van der Waals surface area (Å²) in [4.78, 5) is 4.03. The van der Waals surface area contributed by atoms with Crippen LogP contribution in [0.1, 0.15) is 94.2 Å². The van der Waals surface area contributed by atoms with Crippen LogP contribution < -0.4 is 0 Å². The fourth-order valence-corrected chi connectivity index (χ4v) is 6.21. The van der Waals surface area contributed by atoms with Crippen molar-refractivity contribution in [2.45, 2.75) is 95.8 Å². The first-order valence-electron chi connectivity index (χ1n) is 12.4. The molecule has 3 aliphatic rings. The Morgan fingerprint density at radius 3 is 1.90 bits per heavy atom. The maximum atomic E-state index is 4.67. The summed E-state index contributed by atoms with van der Waals surface area (Å²) in [5, 5.41) is 2.43. The molecule has 0 heterocycles. The predicted molar refractivity (Wildman–Crippen MR) is 136 cm³/mol. The van der Waals surface area contributed by atoms with Gasteiger partial charge in [-0.3, -0.25) is 0 Å². The summed E-state index contributed by atoms with van der Waals surface area (Å²) in [5.74, 6) is 0. The minimum atomic E-state index is 0.474. The lowest BCUT2D eigenvalue weighted by Gasteiger charge is -2.54. The van der Waals surface area contributed by atoms with Crippen molar-refractivity contribution in [1.82, 2.24) is 0 Å². The van der Waals surface area contributed by atoms with E-state index in [9.17, 15) is 0 Å². The van der Waals surface area contributed by atoms with Crippen molar-refractivity contribution >= 4 is 23.1 Å². The van der Waals surface area contributed by atoms with E-state index in [2.05, 4.69) is 65.7 Å². The largest absolute Gasteiger partial charge is 0.195 e. The first-order chi connectivity index (χ1) is 15.2. The second-order valence-corrected chi connectivity index (χ2v) is 10.3. The van der Waals surface area contributed by atoms with Crippen LogP contribution in [0.15, 0.2) is 53.5 Å². The number of unbranched alkanes of at least 4 members (excludes halogenated alkanes) is 3. The van der Waals surface area contributed by atoms with E-state index in [0.29, 0.717) is 10.8 Å². The number of benzene rings is 2. The van der Waals surface area contributed by atoms with Gasteiger partial charge in [0.25, 0.3) is 0 Å². The molecule has 0 unspecified atom stereocenters. The van der Waals surface area contributed by atoms with Crippen LogP contribution in [0.5, 0.6) is 0 Å². The van der Waals surface area contributed by atoms with Gasteiger partial charge >= 0.3 is 0 Å². The molecular formula is C29H37NS. The molecule has 2 aromatic rings.